The molecule has 0 saturated heterocycles. The van der Waals surface area contributed by atoms with Crippen molar-refractivity contribution in [3.8, 4) is 78.9 Å². The van der Waals surface area contributed by atoms with E-state index < -0.39 is 0 Å². The summed E-state index contributed by atoms with van der Waals surface area (Å²) in [6.45, 7) is 0. The van der Waals surface area contributed by atoms with Crippen LogP contribution in [0.2, 0.25) is 0 Å². The van der Waals surface area contributed by atoms with Gasteiger partial charge in [0.15, 0.2) is 17.5 Å². The van der Waals surface area contributed by atoms with Crippen molar-refractivity contribution in [3.05, 3.63) is 225 Å². The molecule has 0 unspecified atom stereocenters. The topological polar surface area (TPSA) is 64.5 Å². The maximum Gasteiger partial charge on any atom is 0.164 e. The lowest BCUT2D eigenvalue weighted by Gasteiger charge is -2.15. The molecule has 0 aliphatic heterocycles. The highest BCUT2D eigenvalue weighted by Crippen LogP contribution is 2.39. The molecule has 3 aromatic heterocycles. The average molecular weight is 816 g/mol. The van der Waals surface area contributed by atoms with E-state index in [-0.39, 0.29) is 0 Å². The second-order valence-electron chi connectivity index (χ2n) is 16.1. The Morgan fingerprint density at radius 3 is 1.03 bits per heavy atom. The summed E-state index contributed by atoms with van der Waals surface area (Å²) in [6.07, 6.45) is 3.66. The molecule has 64 heavy (non-hydrogen) atoms. The molecule has 0 radical (unpaired) electrons. The Balaban J connectivity index is 1.10. The predicted octanol–water partition coefficient (Wildman–Crippen LogP) is 14.9. The Morgan fingerprint density at radius 1 is 0.234 bits per heavy atom. The number of nitrogens with zero attached hydrogens (tertiary/aromatic N) is 5. The molecule has 9 aromatic carbocycles. The summed E-state index contributed by atoms with van der Waals surface area (Å²) >= 11 is 0. The van der Waals surface area contributed by atoms with E-state index >= 15 is 0 Å². The van der Waals surface area contributed by atoms with Gasteiger partial charge in [0.05, 0.1) is 11.4 Å². The number of pyridine rings is 2. The van der Waals surface area contributed by atoms with Gasteiger partial charge in [-0.2, -0.15) is 0 Å². The zero-order valence-corrected chi connectivity index (χ0v) is 34.6. The highest BCUT2D eigenvalue weighted by molar-refractivity contribution is 6.15. The van der Waals surface area contributed by atoms with Crippen LogP contribution >= 0.6 is 0 Å². The molecule has 0 saturated carbocycles. The predicted molar refractivity (Wildman–Crippen MR) is 263 cm³/mol. The van der Waals surface area contributed by atoms with Gasteiger partial charge in [0.2, 0.25) is 0 Å². The van der Waals surface area contributed by atoms with Gasteiger partial charge in [0, 0.05) is 40.2 Å². The average Bonchev–Trinajstić information content (AvgIpc) is 3.38. The number of rotatable bonds is 7. The lowest BCUT2D eigenvalue weighted by molar-refractivity contribution is 1.08. The third kappa shape index (κ3) is 6.73. The van der Waals surface area contributed by atoms with E-state index in [9.17, 15) is 0 Å². The minimum atomic E-state index is 0.591. The van der Waals surface area contributed by atoms with Gasteiger partial charge in [-0.1, -0.05) is 158 Å². The van der Waals surface area contributed by atoms with Crippen LogP contribution in [0, 0.1) is 0 Å². The van der Waals surface area contributed by atoms with Gasteiger partial charge in [-0.25, -0.2) is 15.0 Å². The molecule has 0 aliphatic carbocycles. The second kappa shape index (κ2) is 15.7. The van der Waals surface area contributed by atoms with Crippen LogP contribution in [0.3, 0.4) is 0 Å². The highest BCUT2D eigenvalue weighted by atomic mass is 15.0. The van der Waals surface area contributed by atoms with Crippen LogP contribution in [0.15, 0.2) is 225 Å². The molecule has 12 aromatic rings. The molecule has 0 atom stereocenters. The lowest BCUT2D eigenvalue weighted by Crippen LogP contribution is -2.02. The summed E-state index contributed by atoms with van der Waals surface area (Å²) < 4.78 is 0. The van der Waals surface area contributed by atoms with Gasteiger partial charge in [-0.3, -0.25) is 9.97 Å². The standard InChI is InChI=1S/C59H37N5/c1-3-15-47-42(13-1)36-53(51-19-7-5-17-49(47)51)58-62-57(63-59(64-58)54-37-43-14-2-4-16-48(43)50-18-6-8-20-52(50)54)46-34-44(38-23-27-40(28-24-38)55-21-9-11-31-60-55)33-45(35-46)39-25-29-41(30-26-39)56-22-10-12-32-61-56/h1-37H. The largest absolute Gasteiger partial charge is 0.256 e. The van der Waals surface area contributed by atoms with Crippen LogP contribution in [0.1, 0.15) is 0 Å². The van der Waals surface area contributed by atoms with Gasteiger partial charge in [0.1, 0.15) is 0 Å². The van der Waals surface area contributed by atoms with Crippen molar-refractivity contribution in [2.24, 2.45) is 0 Å². The van der Waals surface area contributed by atoms with Crippen molar-refractivity contribution < 1.29 is 0 Å². The third-order valence-corrected chi connectivity index (χ3v) is 12.2. The van der Waals surface area contributed by atoms with Crippen molar-refractivity contribution in [2.75, 3.05) is 0 Å². The summed E-state index contributed by atoms with van der Waals surface area (Å²) in [7, 11) is 0. The van der Waals surface area contributed by atoms with Gasteiger partial charge in [0.25, 0.3) is 0 Å². The van der Waals surface area contributed by atoms with E-state index in [0.717, 1.165) is 93.8 Å². The van der Waals surface area contributed by atoms with Crippen molar-refractivity contribution in [1.82, 2.24) is 24.9 Å². The Hall–Kier alpha value is -8.67. The molecule has 0 spiro atoms. The number of hydrogen-bond acceptors (Lipinski definition) is 5. The van der Waals surface area contributed by atoms with Crippen molar-refractivity contribution >= 4 is 43.1 Å². The molecule has 0 N–H and O–H groups in total. The van der Waals surface area contributed by atoms with E-state index in [2.05, 4.69) is 186 Å². The molecule has 0 amide bonds. The van der Waals surface area contributed by atoms with Gasteiger partial charge in [-0.15, -0.1) is 0 Å². The van der Waals surface area contributed by atoms with E-state index in [1.54, 1.807) is 0 Å². The minimum Gasteiger partial charge on any atom is -0.256 e. The van der Waals surface area contributed by atoms with Crippen LogP contribution in [0.5, 0.6) is 0 Å². The van der Waals surface area contributed by atoms with Crippen LogP contribution in [-0.2, 0) is 0 Å². The zero-order chi connectivity index (χ0) is 42.4. The van der Waals surface area contributed by atoms with E-state index in [1.807, 2.05) is 48.8 Å². The summed E-state index contributed by atoms with van der Waals surface area (Å²) in [4.78, 5) is 25.5. The fourth-order valence-corrected chi connectivity index (χ4v) is 9.05. The normalized spacial score (nSPS) is 11.4. The van der Waals surface area contributed by atoms with E-state index in [0.29, 0.717) is 17.5 Å². The maximum absolute atomic E-state index is 5.44. The molecule has 5 nitrogen and oxygen atoms in total. The Morgan fingerprint density at radius 2 is 0.594 bits per heavy atom. The monoisotopic (exact) mass is 815 g/mol. The van der Waals surface area contributed by atoms with Gasteiger partial charge >= 0.3 is 0 Å². The molecule has 5 heteroatoms. The molecular weight excluding hydrogens is 779 g/mol. The van der Waals surface area contributed by atoms with Crippen molar-refractivity contribution in [3.63, 3.8) is 0 Å². The summed E-state index contributed by atoms with van der Waals surface area (Å²) in [5.41, 5.74) is 11.0. The molecular formula is C59H37N5. The molecule has 0 fully saturated rings. The fraction of sp³-hybridized carbons (Fsp3) is 0. The number of fused-ring (bicyclic) bond motifs is 6. The number of benzene rings is 9. The molecule has 0 bridgehead atoms. The van der Waals surface area contributed by atoms with Crippen LogP contribution < -0.4 is 0 Å². The SMILES string of the molecule is c1ccc(-c2ccc(-c3cc(-c4ccc(-c5ccccn5)cc4)cc(-c4nc(-c5cc6ccccc6c6ccccc56)nc(-c5cc6ccccc6c6ccccc56)n4)c3)cc2)nc1. The molecule has 0 aliphatic rings. The van der Waals surface area contributed by atoms with Crippen LogP contribution in [-0.4, -0.2) is 24.9 Å². The smallest absolute Gasteiger partial charge is 0.164 e. The summed E-state index contributed by atoms with van der Waals surface area (Å²) in [5.74, 6) is 1.82. The zero-order valence-electron chi connectivity index (χ0n) is 34.6. The second-order valence-corrected chi connectivity index (χ2v) is 16.1. The third-order valence-electron chi connectivity index (χ3n) is 12.2. The van der Waals surface area contributed by atoms with Crippen molar-refractivity contribution in [1.29, 1.82) is 0 Å². The van der Waals surface area contributed by atoms with E-state index in [4.69, 9.17) is 15.0 Å². The minimum absolute atomic E-state index is 0.591. The number of hydrogen-bond donors (Lipinski definition) is 0. The highest BCUT2D eigenvalue weighted by Gasteiger charge is 2.20. The first-order valence-electron chi connectivity index (χ1n) is 21.5. The summed E-state index contributed by atoms with van der Waals surface area (Å²) in [6, 6.07) is 74.6. The Bertz CT molecular complexity index is 3460. The maximum atomic E-state index is 5.44. The van der Waals surface area contributed by atoms with Gasteiger partial charge < -0.3 is 0 Å². The van der Waals surface area contributed by atoms with E-state index in [1.165, 1.54) is 10.8 Å². The Kier molecular flexibility index (Phi) is 9.08. The molecule has 3 heterocycles. The molecule has 298 valence electrons. The molecule has 12 rings (SSSR count). The van der Waals surface area contributed by atoms with Crippen LogP contribution in [0.25, 0.3) is 122 Å². The quantitative estimate of drug-likeness (QED) is 0.150. The summed E-state index contributed by atoms with van der Waals surface area (Å²) in [5, 5.41) is 9.12. The first kappa shape index (κ1) is 37.1. The number of aromatic nitrogens is 5. The Labute approximate surface area is 370 Å². The lowest BCUT2D eigenvalue weighted by atomic mass is 9.94. The van der Waals surface area contributed by atoms with Gasteiger partial charge in [-0.05, 0) is 120 Å². The first-order chi connectivity index (χ1) is 31.7. The van der Waals surface area contributed by atoms with Crippen molar-refractivity contribution in [2.45, 2.75) is 0 Å². The first-order valence-corrected chi connectivity index (χ1v) is 21.5. The fourth-order valence-electron chi connectivity index (χ4n) is 9.05. The van der Waals surface area contributed by atoms with Crippen LogP contribution in [0.4, 0.5) is 0 Å².